The smallest absolute Gasteiger partial charge is 0.287 e. The number of methoxy groups -OCH3 is 1. The van der Waals surface area contributed by atoms with Gasteiger partial charge in [-0.05, 0) is 43.3 Å². The zero-order chi connectivity index (χ0) is 21.6. The van der Waals surface area contributed by atoms with Gasteiger partial charge in [0.1, 0.15) is 11.8 Å². The number of amides is 1. The summed E-state index contributed by atoms with van der Waals surface area (Å²) < 4.78 is 5.06. The molecule has 0 saturated carbocycles. The number of hydrogen-bond acceptors (Lipinski definition) is 5. The van der Waals surface area contributed by atoms with Gasteiger partial charge in [-0.15, -0.1) is 0 Å². The van der Waals surface area contributed by atoms with E-state index in [0.29, 0.717) is 19.7 Å². The first-order valence-corrected chi connectivity index (χ1v) is 10.3. The van der Waals surface area contributed by atoms with Gasteiger partial charge in [-0.1, -0.05) is 36.5 Å². The second-order valence-electron chi connectivity index (χ2n) is 7.11. The SMILES string of the molecule is C=C(CNCCOC)C(/C=C\CNC(=O)c1ncc(C#N)[nH]1)=C/CC1=CCCCC1. The van der Waals surface area contributed by atoms with E-state index in [9.17, 15) is 4.79 Å². The van der Waals surface area contributed by atoms with Crippen LogP contribution in [0.4, 0.5) is 0 Å². The Morgan fingerprint density at radius 3 is 3.03 bits per heavy atom. The molecule has 0 atom stereocenters. The van der Waals surface area contributed by atoms with Crippen LogP contribution in [0.3, 0.4) is 0 Å². The Bertz CT molecular complexity index is 842. The van der Waals surface area contributed by atoms with E-state index in [1.807, 2.05) is 18.2 Å². The number of nitrogens with one attached hydrogen (secondary N) is 3. The van der Waals surface area contributed by atoms with E-state index >= 15 is 0 Å². The minimum absolute atomic E-state index is 0.131. The Morgan fingerprint density at radius 1 is 1.47 bits per heavy atom. The van der Waals surface area contributed by atoms with Crippen LogP contribution < -0.4 is 10.6 Å². The van der Waals surface area contributed by atoms with Gasteiger partial charge in [0.05, 0.1) is 12.8 Å². The fraction of sp³-hybridized carbons (Fsp3) is 0.435. The second kappa shape index (κ2) is 13.3. The monoisotopic (exact) mass is 409 g/mol. The summed E-state index contributed by atoms with van der Waals surface area (Å²) >= 11 is 0. The number of aromatic amines is 1. The number of carbonyl (C=O) groups is 1. The molecule has 7 heteroatoms. The highest BCUT2D eigenvalue weighted by Gasteiger charge is 2.09. The highest BCUT2D eigenvalue weighted by Crippen LogP contribution is 2.22. The number of carbonyl (C=O) groups excluding carboxylic acids is 1. The van der Waals surface area contributed by atoms with Crippen molar-refractivity contribution >= 4 is 5.91 Å². The number of H-pyrrole nitrogens is 1. The maximum atomic E-state index is 12.1. The maximum absolute atomic E-state index is 12.1. The summed E-state index contributed by atoms with van der Waals surface area (Å²) in [5, 5.41) is 14.9. The number of hydrogen-bond donors (Lipinski definition) is 3. The quantitative estimate of drug-likeness (QED) is 0.279. The molecule has 0 fully saturated rings. The summed E-state index contributed by atoms with van der Waals surface area (Å²) in [5.74, 6) is -0.217. The third-order valence-corrected chi connectivity index (χ3v) is 4.79. The molecule has 3 N–H and O–H groups in total. The van der Waals surface area contributed by atoms with Crippen LogP contribution in [0.2, 0.25) is 0 Å². The molecule has 0 unspecified atom stereocenters. The zero-order valence-corrected chi connectivity index (χ0v) is 17.7. The van der Waals surface area contributed by atoms with Crippen LogP contribution in [0.1, 0.15) is 48.4 Å². The molecule has 0 bridgehead atoms. The summed E-state index contributed by atoms with van der Waals surface area (Å²) in [6.07, 6.45) is 15.6. The topological polar surface area (TPSA) is 103 Å². The van der Waals surface area contributed by atoms with Crippen LogP contribution >= 0.6 is 0 Å². The molecule has 0 aliphatic heterocycles. The minimum atomic E-state index is -0.348. The van der Waals surface area contributed by atoms with Crippen molar-refractivity contribution < 1.29 is 9.53 Å². The molecule has 0 spiro atoms. The lowest BCUT2D eigenvalue weighted by atomic mass is 9.95. The Balaban J connectivity index is 1.92. The number of rotatable bonds is 12. The van der Waals surface area contributed by atoms with Crippen molar-refractivity contribution in [2.45, 2.75) is 32.1 Å². The third-order valence-electron chi connectivity index (χ3n) is 4.79. The van der Waals surface area contributed by atoms with Gasteiger partial charge < -0.3 is 20.4 Å². The lowest BCUT2D eigenvalue weighted by Crippen LogP contribution is -2.24. The van der Waals surface area contributed by atoms with Gasteiger partial charge in [0.2, 0.25) is 0 Å². The van der Waals surface area contributed by atoms with Crippen LogP contribution in [0.25, 0.3) is 0 Å². The Kier molecular flexibility index (Phi) is 10.3. The molecule has 30 heavy (non-hydrogen) atoms. The predicted octanol–water partition coefficient (Wildman–Crippen LogP) is 3.18. The molecule has 1 aromatic heterocycles. The molecule has 0 saturated heterocycles. The number of allylic oxidation sites excluding steroid dienone is 4. The summed E-state index contributed by atoms with van der Waals surface area (Å²) in [4.78, 5) is 18.6. The Hall–Kier alpha value is -2.95. The molecule has 1 aromatic rings. The highest BCUT2D eigenvalue weighted by molar-refractivity contribution is 5.90. The molecule has 160 valence electrons. The average molecular weight is 410 g/mol. The summed E-state index contributed by atoms with van der Waals surface area (Å²) in [6.45, 7) is 6.66. The lowest BCUT2D eigenvalue weighted by Gasteiger charge is -2.13. The molecule has 1 aliphatic rings. The lowest BCUT2D eigenvalue weighted by molar-refractivity contribution is 0.0948. The number of aromatic nitrogens is 2. The first-order chi connectivity index (χ1) is 14.6. The molecule has 7 nitrogen and oxygen atoms in total. The Labute approximate surface area is 178 Å². The summed E-state index contributed by atoms with van der Waals surface area (Å²) in [7, 11) is 1.68. The fourth-order valence-corrected chi connectivity index (χ4v) is 3.09. The van der Waals surface area contributed by atoms with Gasteiger partial charge >= 0.3 is 0 Å². The normalized spacial score (nSPS) is 14.4. The largest absolute Gasteiger partial charge is 0.383 e. The summed E-state index contributed by atoms with van der Waals surface area (Å²) in [6, 6.07) is 1.91. The van der Waals surface area contributed by atoms with Crippen LogP contribution in [-0.2, 0) is 4.74 Å². The van der Waals surface area contributed by atoms with Gasteiger partial charge in [0.25, 0.3) is 5.91 Å². The zero-order valence-electron chi connectivity index (χ0n) is 17.7. The van der Waals surface area contributed by atoms with Crippen molar-refractivity contribution in [3.8, 4) is 6.07 Å². The molecular formula is C23H31N5O2. The van der Waals surface area contributed by atoms with E-state index in [1.165, 1.54) is 31.0 Å². The maximum Gasteiger partial charge on any atom is 0.287 e. The highest BCUT2D eigenvalue weighted by atomic mass is 16.5. The number of imidazole rings is 1. The minimum Gasteiger partial charge on any atom is -0.383 e. The van der Waals surface area contributed by atoms with E-state index in [2.05, 4.69) is 39.3 Å². The van der Waals surface area contributed by atoms with E-state index in [1.54, 1.807) is 7.11 Å². The molecule has 1 amide bonds. The van der Waals surface area contributed by atoms with Gasteiger partial charge in [-0.25, -0.2) is 4.98 Å². The van der Waals surface area contributed by atoms with Crippen molar-refractivity contribution in [1.82, 2.24) is 20.6 Å². The van der Waals surface area contributed by atoms with Gasteiger partial charge in [0, 0.05) is 26.7 Å². The predicted molar refractivity (Wildman–Crippen MR) is 118 cm³/mol. The molecule has 1 heterocycles. The van der Waals surface area contributed by atoms with Crippen molar-refractivity contribution in [3.05, 3.63) is 65.3 Å². The van der Waals surface area contributed by atoms with Crippen molar-refractivity contribution in [3.63, 3.8) is 0 Å². The summed E-state index contributed by atoms with van der Waals surface area (Å²) in [5.41, 5.74) is 3.79. The van der Waals surface area contributed by atoms with E-state index in [4.69, 9.17) is 10.00 Å². The van der Waals surface area contributed by atoms with Gasteiger partial charge in [-0.2, -0.15) is 5.26 Å². The number of nitrogens with zero attached hydrogens (tertiary/aromatic N) is 2. The molecular weight excluding hydrogens is 378 g/mol. The van der Waals surface area contributed by atoms with Crippen molar-refractivity contribution in [2.24, 2.45) is 0 Å². The fourth-order valence-electron chi connectivity index (χ4n) is 3.09. The van der Waals surface area contributed by atoms with Crippen LogP contribution in [0.15, 0.2) is 53.8 Å². The second-order valence-corrected chi connectivity index (χ2v) is 7.11. The van der Waals surface area contributed by atoms with E-state index in [0.717, 1.165) is 30.5 Å². The van der Waals surface area contributed by atoms with E-state index in [-0.39, 0.29) is 17.4 Å². The van der Waals surface area contributed by atoms with Crippen molar-refractivity contribution in [1.29, 1.82) is 5.26 Å². The third kappa shape index (κ3) is 8.19. The first-order valence-electron chi connectivity index (χ1n) is 10.3. The van der Waals surface area contributed by atoms with E-state index < -0.39 is 0 Å². The molecule has 1 aliphatic carbocycles. The van der Waals surface area contributed by atoms with Crippen LogP contribution in [0.5, 0.6) is 0 Å². The van der Waals surface area contributed by atoms with Gasteiger partial charge in [-0.3, -0.25) is 4.79 Å². The standard InChI is InChI=1S/C23H31N5O2/c1-18(16-25-13-14-30-2)20(11-10-19-7-4-3-5-8-19)9-6-12-26-23(29)22-27-17-21(15-24)28-22/h6-7,9,11,17,25H,1,3-5,8,10,12-14,16H2,2H3,(H,26,29)(H,27,28)/b9-6-,20-11+. The molecule has 0 aromatic carbocycles. The Morgan fingerprint density at radius 2 is 2.33 bits per heavy atom. The van der Waals surface area contributed by atoms with Crippen LogP contribution in [0, 0.1) is 11.3 Å². The van der Waals surface area contributed by atoms with Gasteiger partial charge in [0.15, 0.2) is 5.82 Å². The number of ether oxygens (including phenoxy) is 1. The van der Waals surface area contributed by atoms with Crippen molar-refractivity contribution in [2.75, 3.05) is 33.4 Å². The molecule has 2 rings (SSSR count). The first kappa shape index (κ1) is 23.3. The number of nitriles is 1. The van der Waals surface area contributed by atoms with Crippen LogP contribution in [-0.4, -0.2) is 49.2 Å². The average Bonchev–Trinajstić information content (AvgIpc) is 3.26. The molecule has 0 radical (unpaired) electrons.